The first-order valence-electron chi connectivity index (χ1n) is 4.58. The number of hydrogen-bond acceptors (Lipinski definition) is 6. The predicted octanol–water partition coefficient (Wildman–Crippen LogP) is 1.71. The second kappa shape index (κ2) is 4.24. The Kier molecular flexibility index (Phi) is 3.16. The zero-order chi connectivity index (χ0) is 13.3. The van der Waals surface area contributed by atoms with Crippen LogP contribution < -0.4 is 10.5 Å². The van der Waals surface area contributed by atoms with Gasteiger partial charge in [-0.25, -0.2) is 0 Å². The minimum atomic E-state index is -0.873. The number of nitrogen functional groups attached to an aromatic ring is 1. The van der Waals surface area contributed by atoms with E-state index in [1.54, 1.807) is 6.92 Å². The molecule has 8 heteroatoms. The lowest BCUT2D eigenvalue weighted by Crippen LogP contribution is -2.07. The van der Waals surface area contributed by atoms with Gasteiger partial charge in [0.1, 0.15) is 0 Å². The number of nitrogens with zero attached hydrogens (tertiary/aromatic N) is 2. The summed E-state index contributed by atoms with van der Waals surface area (Å²) in [6, 6.07) is 0. The molecular formula is C9H11N3O5. The standard InChI is InChI=1S/C9H11N3O5/c1-4-5(2)9(17-3)6(10)8(12(15)16)7(4)11(13)14/h10H2,1-3H3. The van der Waals surface area contributed by atoms with Crippen molar-refractivity contribution in [1.82, 2.24) is 0 Å². The van der Waals surface area contributed by atoms with Crippen LogP contribution in [0, 0.1) is 34.1 Å². The Labute approximate surface area is 96.3 Å². The molecule has 0 aliphatic heterocycles. The first kappa shape index (κ1) is 12.7. The summed E-state index contributed by atoms with van der Waals surface area (Å²) in [6.45, 7) is 2.98. The molecule has 1 rings (SSSR count). The maximum atomic E-state index is 10.9. The number of methoxy groups -OCH3 is 1. The number of nitrogens with two attached hydrogens (primary N) is 1. The average Bonchev–Trinajstić information content (AvgIpc) is 2.22. The maximum absolute atomic E-state index is 10.9. The lowest BCUT2D eigenvalue weighted by molar-refractivity contribution is -0.422. The Morgan fingerprint density at radius 2 is 1.53 bits per heavy atom. The van der Waals surface area contributed by atoms with E-state index in [2.05, 4.69) is 0 Å². The van der Waals surface area contributed by atoms with Crippen molar-refractivity contribution in [2.75, 3.05) is 12.8 Å². The second-order valence-corrected chi connectivity index (χ2v) is 3.41. The van der Waals surface area contributed by atoms with Crippen LogP contribution in [-0.4, -0.2) is 17.0 Å². The third kappa shape index (κ3) is 1.84. The molecule has 0 amide bonds. The lowest BCUT2D eigenvalue weighted by Gasteiger charge is -2.11. The van der Waals surface area contributed by atoms with Crippen molar-refractivity contribution in [3.8, 4) is 5.75 Å². The van der Waals surface area contributed by atoms with E-state index in [0.29, 0.717) is 5.56 Å². The predicted molar refractivity (Wildman–Crippen MR) is 60.2 cm³/mol. The number of ether oxygens (including phenoxy) is 1. The van der Waals surface area contributed by atoms with Crippen LogP contribution in [0.5, 0.6) is 5.75 Å². The van der Waals surface area contributed by atoms with E-state index in [0.717, 1.165) is 0 Å². The lowest BCUT2D eigenvalue weighted by atomic mass is 10.0. The summed E-state index contributed by atoms with van der Waals surface area (Å²) in [5.74, 6) is 0.0970. The molecule has 0 aromatic heterocycles. The highest BCUT2D eigenvalue weighted by Crippen LogP contribution is 2.44. The Morgan fingerprint density at radius 1 is 1.06 bits per heavy atom. The van der Waals surface area contributed by atoms with Crippen LogP contribution in [0.2, 0.25) is 0 Å². The van der Waals surface area contributed by atoms with Crippen molar-refractivity contribution in [2.24, 2.45) is 0 Å². The molecular weight excluding hydrogens is 230 g/mol. The largest absolute Gasteiger partial charge is 0.494 e. The molecule has 0 fully saturated rings. The average molecular weight is 241 g/mol. The summed E-state index contributed by atoms with van der Waals surface area (Å²) in [5, 5.41) is 21.7. The third-order valence-electron chi connectivity index (χ3n) is 2.55. The molecule has 1 aromatic carbocycles. The van der Waals surface area contributed by atoms with Crippen LogP contribution in [-0.2, 0) is 0 Å². The summed E-state index contributed by atoms with van der Waals surface area (Å²) < 4.78 is 4.93. The van der Waals surface area contributed by atoms with Gasteiger partial charge in [0.2, 0.25) is 0 Å². The van der Waals surface area contributed by atoms with Gasteiger partial charge in [-0.05, 0) is 13.8 Å². The highest BCUT2D eigenvalue weighted by molar-refractivity contribution is 5.80. The number of rotatable bonds is 3. The van der Waals surface area contributed by atoms with Crippen molar-refractivity contribution in [1.29, 1.82) is 0 Å². The van der Waals surface area contributed by atoms with Crippen molar-refractivity contribution in [3.05, 3.63) is 31.4 Å². The monoisotopic (exact) mass is 241 g/mol. The van der Waals surface area contributed by atoms with Crippen molar-refractivity contribution < 1.29 is 14.6 Å². The highest BCUT2D eigenvalue weighted by Gasteiger charge is 2.34. The fraction of sp³-hybridized carbons (Fsp3) is 0.333. The van der Waals surface area contributed by atoms with Crippen molar-refractivity contribution in [2.45, 2.75) is 13.8 Å². The molecule has 0 aliphatic rings. The number of nitro groups is 2. The molecule has 0 atom stereocenters. The molecule has 0 saturated carbocycles. The van der Waals surface area contributed by atoms with Gasteiger partial charge < -0.3 is 10.5 Å². The molecule has 0 bridgehead atoms. The highest BCUT2D eigenvalue weighted by atomic mass is 16.6. The van der Waals surface area contributed by atoms with E-state index in [1.165, 1.54) is 14.0 Å². The molecule has 2 N–H and O–H groups in total. The third-order valence-corrected chi connectivity index (χ3v) is 2.55. The molecule has 8 nitrogen and oxygen atoms in total. The van der Waals surface area contributed by atoms with Gasteiger partial charge in [0.05, 0.1) is 17.0 Å². The second-order valence-electron chi connectivity index (χ2n) is 3.41. The molecule has 17 heavy (non-hydrogen) atoms. The number of hydrogen-bond donors (Lipinski definition) is 1. The zero-order valence-corrected chi connectivity index (χ0v) is 9.51. The Balaban J connectivity index is 3.84. The van der Waals surface area contributed by atoms with Gasteiger partial charge in [-0.15, -0.1) is 0 Å². The molecule has 0 heterocycles. The molecule has 92 valence electrons. The van der Waals surface area contributed by atoms with E-state index in [4.69, 9.17) is 10.5 Å². The van der Waals surface area contributed by atoms with E-state index in [1.807, 2.05) is 0 Å². The van der Waals surface area contributed by atoms with Gasteiger partial charge in [-0.2, -0.15) is 0 Å². The molecule has 1 aromatic rings. The van der Waals surface area contributed by atoms with Gasteiger partial charge in [0, 0.05) is 11.1 Å². The summed E-state index contributed by atoms with van der Waals surface area (Å²) in [7, 11) is 1.30. The van der Waals surface area contributed by atoms with E-state index < -0.39 is 21.2 Å². The number of benzene rings is 1. The van der Waals surface area contributed by atoms with Crippen LogP contribution >= 0.6 is 0 Å². The van der Waals surface area contributed by atoms with Crippen LogP contribution in [0.4, 0.5) is 17.1 Å². The Morgan fingerprint density at radius 3 is 1.88 bits per heavy atom. The first-order valence-corrected chi connectivity index (χ1v) is 4.58. The Hall–Kier alpha value is -2.38. The zero-order valence-electron chi connectivity index (χ0n) is 9.51. The maximum Gasteiger partial charge on any atom is 0.372 e. The van der Waals surface area contributed by atoms with Crippen LogP contribution in [0.1, 0.15) is 11.1 Å². The molecule has 0 spiro atoms. The van der Waals surface area contributed by atoms with E-state index in [9.17, 15) is 20.2 Å². The van der Waals surface area contributed by atoms with Gasteiger partial charge in [0.15, 0.2) is 11.4 Å². The van der Waals surface area contributed by atoms with E-state index >= 15 is 0 Å². The summed E-state index contributed by atoms with van der Waals surface area (Å²) in [5.41, 5.74) is 4.48. The molecule has 0 saturated heterocycles. The van der Waals surface area contributed by atoms with Crippen LogP contribution in [0.25, 0.3) is 0 Å². The molecule has 0 unspecified atom stereocenters. The van der Waals surface area contributed by atoms with Gasteiger partial charge in [0.25, 0.3) is 0 Å². The topological polar surface area (TPSA) is 122 Å². The van der Waals surface area contributed by atoms with Crippen molar-refractivity contribution in [3.63, 3.8) is 0 Å². The minimum Gasteiger partial charge on any atom is -0.494 e. The van der Waals surface area contributed by atoms with Crippen molar-refractivity contribution >= 4 is 17.1 Å². The first-order chi connectivity index (χ1) is 7.82. The van der Waals surface area contributed by atoms with Gasteiger partial charge >= 0.3 is 11.4 Å². The molecule has 0 radical (unpaired) electrons. The van der Waals surface area contributed by atoms with Gasteiger partial charge in [-0.1, -0.05) is 0 Å². The number of nitro benzene ring substituents is 2. The smallest absolute Gasteiger partial charge is 0.372 e. The minimum absolute atomic E-state index is 0.0970. The van der Waals surface area contributed by atoms with Crippen LogP contribution in [0.3, 0.4) is 0 Å². The summed E-state index contributed by atoms with van der Waals surface area (Å²) >= 11 is 0. The van der Waals surface area contributed by atoms with Gasteiger partial charge in [-0.3, -0.25) is 20.2 Å². The SMILES string of the molecule is COc1c(C)c(C)c([N+](=O)[O-])c([N+](=O)[O-])c1N. The quantitative estimate of drug-likeness (QED) is 0.488. The normalized spacial score (nSPS) is 10.1. The fourth-order valence-electron chi connectivity index (χ4n) is 1.63. The number of anilines is 1. The molecule has 0 aliphatic carbocycles. The van der Waals surface area contributed by atoms with E-state index in [-0.39, 0.29) is 17.0 Å². The fourth-order valence-corrected chi connectivity index (χ4v) is 1.63. The summed E-state index contributed by atoms with van der Waals surface area (Å²) in [4.78, 5) is 20.0. The van der Waals surface area contributed by atoms with Crippen LogP contribution in [0.15, 0.2) is 0 Å². The summed E-state index contributed by atoms with van der Waals surface area (Å²) in [6.07, 6.45) is 0. The Bertz CT molecular complexity index is 512.